The van der Waals surface area contributed by atoms with E-state index in [1.165, 1.54) is 29.3 Å². The molecule has 0 spiro atoms. The van der Waals surface area contributed by atoms with Gasteiger partial charge in [0, 0.05) is 6.54 Å². The molecule has 0 amide bonds. The minimum absolute atomic E-state index is 0.104. The van der Waals surface area contributed by atoms with Gasteiger partial charge < -0.3 is 11.1 Å². The SMILES string of the molecule is Cc1cc(C)cc(C(CN)Nc2cc(F)ccc2Cl)c1. The van der Waals surface area contributed by atoms with Gasteiger partial charge in [0.05, 0.1) is 16.8 Å². The molecule has 4 heteroatoms. The zero-order valence-corrected chi connectivity index (χ0v) is 12.3. The van der Waals surface area contributed by atoms with E-state index in [1.807, 2.05) is 13.8 Å². The molecule has 106 valence electrons. The van der Waals surface area contributed by atoms with Crippen LogP contribution in [0.1, 0.15) is 22.7 Å². The molecule has 2 rings (SSSR count). The number of hydrogen-bond acceptors (Lipinski definition) is 2. The summed E-state index contributed by atoms with van der Waals surface area (Å²) in [6.45, 7) is 4.48. The van der Waals surface area contributed by atoms with E-state index in [1.54, 1.807) is 0 Å². The van der Waals surface area contributed by atoms with Gasteiger partial charge >= 0.3 is 0 Å². The number of rotatable bonds is 4. The number of hydrogen-bond donors (Lipinski definition) is 2. The maximum Gasteiger partial charge on any atom is 0.125 e. The lowest BCUT2D eigenvalue weighted by Gasteiger charge is -2.20. The summed E-state index contributed by atoms with van der Waals surface area (Å²) in [7, 11) is 0. The van der Waals surface area contributed by atoms with Gasteiger partial charge in [0.1, 0.15) is 5.82 Å². The van der Waals surface area contributed by atoms with Gasteiger partial charge in [0.25, 0.3) is 0 Å². The molecule has 2 aromatic rings. The molecule has 0 aliphatic heterocycles. The van der Waals surface area contributed by atoms with E-state index in [4.69, 9.17) is 17.3 Å². The number of anilines is 1. The zero-order valence-electron chi connectivity index (χ0n) is 11.6. The van der Waals surface area contributed by atoms with Crippen LogP contribution >= 0.6 is 11.6 Å². The molecule has 0 saturated heterocycles. The van der Waals surface area contributed by atoms with E-state index in [-0.39, 0.29) is 11.9 Å². The van der Waals surface area contributed by atoms with Crippen molar-refractivity contribution in [1.82, 2.24) is 0 Å². The van der Waals surface area contributed by atoms with Gasteiger partial charge in [-0.1, -0.05) is 40.9 Å². The molecule has 0 aromatic heterocycles. The van der Waals surface area contributed by atoms with Gasteiger partial charge in [-0.25, -0.2) is 4.39 Å². The average molecular weight is 293 g/mol. The summed E-state index contributed by atoms with van der Waals surface area (Å²) in [4.78, 5) is 0. The molecule has 2 aromatic carbocycles. The molecule has 0 saturated carbocycles. The molecule has 1 atom stereocenters. The molecule has 0 radical (unpaired) electrons. The van der Waals surface area contributed by atoms with Crippen LogP contribution in [0.2, 0.25) is 5.02 Å². The normalized spacial score (nSPS) is 12.2. The topological polar surface area (TPSA) is 38.0 Å². The fraction of sp³-hybridized carbons (Fsp3) is 0.250. The van der Waals surface area contributed by atoms with Gasteiger partial charge in [-0.15, -0.1) is 0 Å². The Morgan fingerprint density at radius 3 is 2.40 bits per heavy atom. The number of benzene rings is 2. The molecule has 0 heterocycles. The Morgan fingerprint density at radius 1 is 1.15 bits per heavy atom. The third kappa shape index (κ3) is 3.50. The summed E-state index contributed by atoms with van der Waals surface area (Å²) in [6.07, 6.45) is 0. The van der Waals surface area contributed by atoms with E-state index in [9.17, 15) is 4.39 Å². The molecule has 1 unspecified atom stereocenters. The van der Waals surface area contributed by atoms with Gasteiger partial charge in [-0.3, -0.25) is 0 Å². The summed E-state index contributed by atoms with van der Waals surface area (Å²) in [5.41, 5.74) is 9.82. The number of aryl methyl sites for hydroxylation is 2. The van der Waals surface area contributed by atoms with Crippen molar-refractivity contribution >= 4 is 17.3 Å². The standard InChI is InChI=1S/C16H18ClFN2/c1-10-5-11(2)7-12(6-10)16(9-19)20-15-8-13(18)3-4-14(15)17/h3-8,16,20H,9,19H2,1-2H3. The smallest absolute Gasteiger partial charge is 0.125 e. The lowest BCUT2D eigenvalue weighted by atomic mass is 10.0. The van der Waals surface area contributed by atoms with E-state index in [0.717, 1.165) is 5.56 Å². The first-order valence-corrected chi connectivity index (χ1v) is 6.87. The van der Waals surface area contributed by atoms with Crippen LogP contribution in [0.5, 0.6) is 0 Å². The minimum atomic E-state index is -0.326. The molecule has 0 bridgehead atoms. The zero-order chi connectivity index (χ0) is 14.7. The quantitative estimate of drug-likeness (QED) is 0.886. The molecule has 0 aliphatic carbocycles. The van der Waals surface area contributed by atoms with Crippen molar-refractivity contribution in [3.63, 3.8) is 0 Å². The Morgan fingerprint density at radius 2 is 1.80 bits per heavy atom. The highest BCUT2D eigenvalue weighted by molar-refractivity contribution is 6.33. The van der Waals surface area contributed by atoms with Crippen molar-refractivity contribution in [2.75, 3.05) is 11.9 Å². The first-order valence-electron chi connectivity index (χ1n) is 6.49. The molecule has 3 N–H and O–H groups in total. The fourth-order valence-electron chi connectivity index (χ4n) is 2.29. The molecular formula is C16H18ClFN2. The third-order valence-corrected chi connectivity index (χ3v) is 3.47. The van der Waals surface area contributed by atoms with Gasteiger partial charge in [0.2, 0.25) is 0 Å². The van der Waals surface area contributed by atoms with Crippen LogP contribution < -0.4 is 11.1 Å². The van der Waals surface area contributed by atoms with Crippen molar-refractivity contribution in [3.05, 3.63) is 63.9 Å². The summed E-state index contributed by atoms with van der Waals surface area (Å²) in [5, 5.41) is 3.69. The van der Waals surface area contributed by atoms with Gasteiger partial charge in [0.15, 0.2) is 0 Å². The second-order valence-electron chi connectivity index (χ2n) is 4.98. The molecule has 0 fully saturated rings. The molecule has 0 aliphatic rings. The highest BCUT2D eigenvalue weighted by atomic mass is 35.5. The van der Waals surface area contributed by atoms with Crippen LogP contribution in [-0.4, -0.2) is 6.54 Å². The summed E-state index contributed by atoms with van der Waals surface area (Å²) >= 11 is 6.08. The van der Waals surface area contributed by atoms with Crippen LogP contribution in [-0.2, 0) is 0 Å². The number of nitrogens with one attached hydrogen (secondary N) is 1. The van der Waals surface area contributed by atoms with Crippen molar-refractivity contribution in [2.24, 2.45) is 5.73 Å². The van der Waals surface area contributed by atoms with Crippen molar-refractivity contribution in [3.8, 4) is 0 Å². The third-order valence-electron chi connectivity index (χ3n) is 3.14. The van der Waals surface area contributed by atoms with Gasteiger partial charge in [-0.2, -0.15) is 0 Å². The van der Waals surface area contributed by atoms with Crippen molar-refractivity contribution in [1.29, 1.82) is 0 Å². The van der Waals surface area contributed by atoms with Crippen molar-refractivity contribution < 1.29 is 4.39 Å². The Balaban J connectivity index is 2.30. The monoisotopic (exact) mass is 292 g/mol. The molecular weight excluding hydrogens is 275 g/mol. The van der Waals surface area contributed by atoms with E-state index in [0.29, 0.717) is 17.3 Å². The van der Waals surface area contributed by atoms with E-state index in [2.05, 4.69) is 23.5 Å². The predicted molar refractivity (Wildman–Crippen MR) is 82.7 cm³/mol. The van der Waals surface area contributed by atoms with Crippen LogP contribution in [0, 0.1) is 19.7 Å². The van der Waals surface area contributed by atoms with Crippen LogP contribution in [0.3, 0.4) is 0 Å². The second-order valence-corrected chi connectivity index (χ2v) is 5.39. The Hall–Kier alpha value is -1.58. The van der Waals surface area contributed by atoms with Gasteiger partial charge in [-0.05, 0) is 37.6 Å². The first-order chi connectivity index (χ1) is 9.49. The van der Waals surface area contributed by atoms with Crippen LogP contribution in [0.15, 0.2) is 36.4 Å². The number of halogens is 2. The predicted octanol–water partition coefficient (Wildman–Crippen LogP) is 4.21. The Bertz CT molecular complexity index is 593. The minimum Gasteiger partial charge on any atom is -0.376 e. The Labute approximate surface area is 123 Å². The maximum atomic E-state index is 13.3. The summed E-state index contributed by atoms with van der Waals surface area (Å²) in [6, 6.07) is 10.4. The van der Waals surface area contributed by atoms with E-state index < -0.39 is 0 Å². The van der Waals surface area contributed by atoms with E-state index >= 15 is 0 Å². The lowest BCUT2D eigenvalue weighted by Crippen LogP contribution is -2.21. The second kappa shape index (κ2) is 6.25. The number of nitrogens with two attached hydrogens (primary N) is 1. The van der Waals surface area contributed by atoms with Crippen LogP contribution in [0.4, 0.5) is 10.1 Å². The maximum absolute atomic E-state index is 13.3. The largest absolute Gasteiger partial charge is 0.376 e. The van der Waals surface area contributed by atoms with Crippen LogP contribution in [0.25, 0.3) is 0 Å². The first kappa shape index (κ1) is 14.8. The lowest BCUT2D eigenvalue weighted by molar-refractivity contribution is 0.627. The van der Waals surface area contributed by atoms with Crippen molar-refractivity contribution in [2.45, 2.75) is 19.9 Å². The Kier molecular flexibility index (Phi) is 4.63. The average Bonchev–Trinajstić information content (AvgIpc) is 2.38. The highest BCUT2D eigenvalue weighted by Gasteiger charge is 2.12. The summed E-state index contributed by atoms with van der Waals surface area (Å²) < 4.78 is 13.3. The fourth-order valence-corrected chi connectivity index (χ4v) is 2.46. The highest BCUT2D eigenvalue weighted by Crippen LogP contribution is 2.27. The molecule has 20 heavy (non-hydrogen) atoms. The molecule has 2 nitrogen and oxygen atoms in total. The summed E-state index contributed by atoms with van der Waals surface area (Å²) in [5.74, 6) is -0.326.